The topological polar surface area (TPSA) is 135 Å². The van der Waals surface area contributed by atoms with Gasteiger partial charge < -0.3 is 19.6 Å². The average molecular weight is 593 g/mol. The Morgan fingerprint density at radius 3 is 2.17 bits per heavy atom. The van der Waals surface area contributed by atoms with E-state index in [0.29, 0.717) is 17.9 Å². The highest BCUT2D eigenvalue weighted by molar-refractivity contribution is 7.89. The third-order valence-electron chi connectivity index (χ3n) is 7.07. The first kappa shape index (κ1) is 31.0. The summed E-state index contributed by atoms with van der Waals surface area (Å²) in [5.41, 5.74) is 3.89. The number of methoxy groups -OCH3 is 1. The van der Waals surface area contributed by atoms with Crippen molar-refractivity contribution in [2.24, 2.45) is 5.41 Å². The average Bonchev–Trinajstić information content (AvgIpc) is 3.29. The third kappa shape index (κ3) is 6.89. The van der Waals surface area contributed by atoms with E-state index < -0.39 is 27.4 Å². The van der Waals surface area contributed by atoms with Crippen molar-refractivity contribution < 1.29 is 32.3 Å². The minimum Gasteiger partial charge on any atom is -0.480 e. The fourth-order valence-corrected chi connectivity index (χ4v) is 6.20. The summed E-state index contributed by atoms with van der Waals surface area (Å²) < 4.78 is 39.1. The molecule has 0 fully saturated rings. The van der Waals surface area contributed by atoms with Gasteiger partial charge in [0.1, 0.15) is 11.6 Å². The molecule has 0 saturated carbocycles. The molecular weight excluding hydrogens is 556 g/mol. The van der Waals surface area contributed by atoms with E-state index in [2.05, 4.69) is 10.0 Å². The molecule has 1 amide bonds. The molecule has 10 heteroatoms. The maximum Gasteiger partial charge on any atom is 0.322 e. The van der Waals surface area contributed by atoms with Crippen molar-refractivity contribution in [1.82, 2.24) is 4.72 Å². The zero-order valence-electron chi connectivity index (χ0n) is 24.4. The second kappa shape index (κ2) is 12.5. The molecular formula is C32H36N2O7S. The van der Waals surface area contributed by atoms with Gasteiger partial charge in [0.05, 0.1) is 4.90 Å². The smallest absolute Gasteiger partial charge is 0.322 e. The van der Waals surface area contributed by atoms with Crippen molar-refractivity contribution in [2.45, 2.75) is 51.5 Å². The Hall–Kier alpha value is -3.99. The molecule has 0 aliphatic carbocycles. The van der Waals surface area contributed by atoms with Crippen LogP contribution < -0.4 is 10.0 Å². The minimum absolute atomic E-state index is 0.0336. The van der Waals surface area contributed by atoms with Gasteiger partial charge in [-0.15, -0.1) is 0 Å². The zero-order valence-corrected chi connectivity index (χ0v) is 25.2. The Morgan fingerprint density at radius 2 is 1.60 bits per heavy atom. The minimum atomic E-state index is -4.05. The predicted octanol–water partition coefficient (Wildman–Crippen LogP) is 6.02. The number of carbonyl (C=O) groups excluding carboxylic acids is 1. The van der Waals surface area contributed by atoms with E-state index in [1.807, 2.05) is 37.3 Å². The Morgan fingerprint density at radius 1 is 0.976 bits per heavy atom. The fraction of sp³-hybridized carbons (Fsp3) is 0.312. The first-order chi connectivity index (χ1) is 19.8. The van der Waals surface area contributed by atoms with Gasteiger partial charge in [-0.1, -0.05) is 57.2 Å². The van der Waals surface area contributed by atoms with Gasteiger partial charge in [0.2, 0.25) is 10.0 Å². The van der Waals surface area contributed by atoms with Crippen molar-refractivity contribution in [3.63, 3.8) is 0 Å². The number of hydrogen-bond donors (Lipinski definition) is 3. The number of anilines is 1. The number of ether oxygens (including phenoxy) is 1. The van der Waals surface area contributed by atoms with Crippen LogP contribution in [0.25, 0.3) is 22.1 Å². The lowest BCUT2D eigenvalue weighted by Gasteiger charge is -2.27. The predicted molar refractivity (Wildman–Crippen MR) is 162 cm³/mol. The quantitative estimate of drug-likeness (QED) is 0.181. The van der Waals surface area contributed by atoms with Crippen LogP contribution in [0.2, 0.25) is 0 Å². The van der Waals surface area contributed by atoms with Crippen molar-refractivity contribution in [2.75, 3.05) is 19.0 Å². The van der Waals surface area contributed by atoms with Gasteiger partial charge in [0.15, 0.2) is 5.76 Å². The Labute approximate surface area is 245 Å². The maximum atomic E-state index is 13.1. The summed E-state index contributed by atoms with van der Waals surface area (Å²) in [6, 6.07) is 17.9. The molecule has 0 unspecified atom stereocenters. The molecule has 0 bridgehead atoms. The molecule has 9 nitrogen and oxygen atoms in total. The van der Waals surface area contributed by atoms with Gasteiger partial charge in [0.25, 0.3) is 5.91 Å². The highest BCUT2D eigenvalue weighted by Crippen LogP contribution is 2.30. The van der Waals surface area contributed by atoms with Crippen molar-refractivity contribution in [1.29, 1.82) is 0 Å². The summed E-state index contributed by atoms with van der Waals surface area (Å²) >= 11 is 0. The van der Waals surface area contributed by atoms with Crippen LogP contribution in [0.3, 0.4) is 0 Å². The lowest BCUT2D eigenvalue weighted by Crippen LogP contribution is -2.48. The SMILES string of the molecule is COCCCc1cccc2oc(C(=O)Nc3ccc(-c4ccc(S(=O)(=O)N[C@H](C(=O)O)C(C)(C)C)cc4)cc3)c(C)c12. The van der Waals surface area contributed by atoms with Crippen LogP contribution in [0.15, 0.2) is 76.0 Å². The number of furan rings is 1. The van der Waals surface area contributed by atoms with Gasteiger partial charge in [-0.05, 0) is 72.2 Å². The number of sulfonamides is 1. The lowest BCUT2D eigenvalue weighted by molar-refractivity contribution is -0.141. The molecule has 42 heavy (non-hydrogen) atoms. The largest absolute Gasteiger partial charge is 0.480 e. The first-order valence-electron chi connectivity index (χ1n) is 13.6. The number of nitrogens with one attached hydrogen (secondary N) is 2. The van der Waals surface area contributed by atoms with E-state index in [0.717, 1.165) is 40.5 Å². The third-order valence-corrected chi connectivity index (χ3v) is 8.51. The molecule has 1 aromatic heterocycles. The van der Waals surface area contributed by atoms with Crippen LogP contribution >= 0.6 is 0 Å². The summed E-state index contributed by atoms with van der Waals surface area (Å²) in [7, 11) is -2.37. The van der Waals surface area contributed by atoms with Gasteiger partial charge in [-0.3, -0.25) is 9.59 Å². The Bertz CT molecular complexity index is 1680. The van der Waals surface area contributed by atoms with Crippen LogP contribution in [0.4, 0.5) is 5.69 Å². The molecule has 4 rings (SSSR count). The van der Waals surface area contributed by atoms with Crippen LogP contribution in [-0.2, 0) is 26.0 Å². The molecule has 0 saturated heterocycles. The summed E-state index contributed by atoms with van der Waals surface area (Å²) in [6.45, 7) is 7.50. The number of carboxylic acids is 1. The van der Waals surface area contributed by atoms with E-state index in [-0.39, 0.29) is 16.6 Å². The summed E-state index contributed by atoms with van der Waals surface area (Å²) in [5.74, 6) is -1.33. The van der Waals surface area contributed by atoms with Gasteiger partial charge >= 0.3 is 5.97 Å². The van der Waals surface area contributed by atoms with E-state index in [1.54, 1.807) is 52.1 Å². The zero-order chi connectivity index (χ0) is 30.7. The molecule has 0 radical (unpaired) electrons. The lowest BCUT2D eigenvalue weighted by atomic mass is 9.88. The molecule has 3 N–H and O–H groups in total. The second-order valence-corrected chi connectivity index (χ2v) is 13.0. The van der Waals surface area contributed by atoms with Crippen LogP contribution in [0.5, 0.6) is 0 Å². The van der Waals surface area contributed by atoms with Crippen molar-refractivity contribution in [3.05, 3.63) is 83.6 Å². The Balaban J connectivity index is 1.47. The molecule has 222 valence electrons. The van der Waals surface area contributed by atoms with Gasteiger partial charge in [0, 0.05) is 30.4 Å². The molecule has 3 aromatic carbocycles. The van der Waals surface area contributed by atoms with Crippen LogP contribution in [0.1, 0.15) is 48.9 Å². The molecule has 0 aliphatic heterocycles. The highest BCUT2D eigenvalue weighted by Gasteiger charge is 2.35. The molecule has 4 aromatic rings. The molecule has 0 aliphatic rings. The van der Waals surface area contributed by atoms with E-state index in [1.165, 1.54) is 12.1 Å². The molecule has 1 atom stereocenters. The number of rotatable bonds is 11. The van der Waals surface area contributed by atoms with E-state index in [4.69, 9.17) is 9.15 Å². The first-order valence-corrected chi connectivity index (χ1v) is 15.1. The summed E-state index contributed by atoms with van der Waals surface area (Å²) in [4.78, 5) is 24.7. The van der Waals surface area contributed by atoms with E-state index >= 15 is 0 Å². The van der Waals surface area contributed by atoms with Crippen LogP contribution in [0, 0.1) is 12.3 Å². The number of carbonyl (C=O) groups is 2. The number of aryl methyl sites for hydroxylation is 2. The fourth-order valence-electron chi connectivity index (χ4n) is 4.80. The van der Waals surface area contributed by atoms with Gasteiger partial charge in [-0.2, -0.15) is 4.72 Å². The molecule has 0 spiro atoms. The molecule has 1 heterocycles. The van der Waals surface area contributed by atoms with Gasteiger partial charge in [-0.25, -0.2) is 8.42 Å². The second-order valence-electron chi connectivity index (χ2n) is 11.3. The number of benzene rings is 3. The number of hydrogen-bond acceptors (Lipinski definition) is 6. The normalized spacial score (nSPS) is 12.8. The van der Waals surface area contributed by atoms with E-state index in [9.17, 15) is 23.1 Å². The number of amides is 1. The maximum absolute atomic E-state index is 13.1. The van der Waals surface area contributed by atoms with Crippen molar-refractivity contribution in [3.8, 4) is 11.1 Å². The number of carboxylic acid groups (broad SMARTS) is 1. The summed E-state index contributed by atoms with van der Waals surface area (Å²) in [5, 5.41) is 13.3. The monoisotopic (exact) mass is 592 g/mol. The number of fused-ring (bicyclic) bond motifs is 1. The van der Waals surface area contributed by atoms with Crippen molar-refractivity contribution >= 4 is 38.6 Å². The standard InChI is InChI=1S/C32H36N2O7S/c1-20-27-23(9-7-19-40-5)8-6-10-26(27)41-28(20)30(35)33-24-15-11-21(12-16-24)22-13-17-25(18-14-22)42(38,39)34-29(31(36)37)32(2,3)4/h6,8,10-18,29,34H,7,9,19H2,1-5H3,(H,33,35)(H,36,37)/t29-/m1/s1. The van der Waals surface area contributed by atoms with Crippen LogP contribution in [-0.4, -0.2) is 45.2 Å². The summed E-state index contributed by atoms with van der Waals surface area (Å²) in [6.07, 6.45) is 1.68. The highest BCUT2D eigenvalue weighted by atomic mass is 32.2. The Kier molecular flexibility index (Phi) is 9.20. The number of aliphatic carboxylic acids is 1.